The molecule has 1 amide bonds. The molecule has 30 heavy (non-hydrogen) atoms. The molecule has 1 aliphatic rings. The van der Waals surface area contributed by atoms with Crippen LogP contribution in [-0.2, 0) is 0 Å². The number of ether oxygens (including phenoxy) is 1. The molecule has 0 saturated carbocycles. The van der Waals surface area contributed by atoms with Gasteiger partial charge >= 0.3 is 0 Å². The fraction of sp³-hybridized carbons (Fsp3) is 0.381. The first-order valence-corrected chi connectivity index (χ1v) is 9.83. The van der Waals surface area contributed by atoms with Crippen molar-refractivity contribution in [2.45, 2.75) is 18.8 Å². The van der Waals surface area contributed by atoms with E-state index in [1.807, 2.05) is 25.1 Å². The molecule has 0 spiro atoms. The molecular weight excluding hydrogens is 384 g/mol. The molecule has 156 valence electrons. The number of hydrogen-bond acceptors (Lipinski definition) is 7. The number of carbonyl (C=O) groups is 1. The first-order chi connectivity index (χ1) is 14.5. The molecule has 1 fully saturated rings. The van der Waals surface area contributed by atoms with Gasteiger partial charge in [-0.25, -0.2) is 15.0 Å². The predicted molar refractivity (Wildman–Crippen MR) is 113 cm³/mol. The molecule has 9 nitrogen and oxygen atoms in total. The van der Waals surface area contributed by atoms with Crippen LogP contribution < -0.4 is 15.2 Å². The van der Waals surface area contributed by atoms with E-state index < -0.39 is 0 Å². The molecule has 1 N–H and O–H groups in total. The SMILES string of the molecule is COc1ccc(C(=O)N2CCC[C@@H](c3cc4nc(N(C)C)ncc4c(=O)[nH]3)C2)cn1. The van der Waals surface area contributed by atoms with Gasteiger partial charge in [0.1, 0.15) is 0 Å². The number of pyridine rings is 2. The summed E-state index contributed by atoms with van der Waals surface area (Å²) in [6.45, 7) is 1.20. The van der Waals surface area contributed by atoms with Gasteiger partial charge in [-0.3, -0.25) is 9.59 Å². The van der Waals surface area contributed by atoms with E-state index in [0.717, 1.165) is 18.5 Å². The van der Waals surface area contributed by atoms with E-state index in [0.29, 0.717) is 41.4 Å². The number of likely N-dealkylation sites (tertiary alicyclic amines) is 1. The molecule has 0 radical (unpaired) electrons. The first kappa shape index (κ1) is 19.8. The number of carbonyl (C=O) groups excluding carboxylic acids is 1. The smallest absolute Gasteiger partial charge is 0.259 e. The summed E-state index contributed by atoms with van der Waals surface area (Å²) in [5.41, 5.74) is 1.71. The lowest BCUT2D eigenvalue weighted by atomic mass is 9.93. The van der Waals surface area contributed by atoms with Gasteiger partial charge < -0.3 is 19.5 Å². The van der Waals surface area contributed by atoms with Gasteiger partial charge in [-0.2, -0.15) is 0 Å². The Labute approximate surface area is 173 Å². The predicted octanol–water partition coefficient (Wildman–Crippen LogP) is 1.81. The number of fused-ring (bicyclic) bond motifs is 1. The standard InChI is InChI=1S/C21H24N6O3/c1-26(2)21-23-11-15-17(25-21)9-16(24-19(15)28)14-5-4-8-27(12-14)20(29)13-6-7-18(30-3)22-10-13/h6-7,9-11,14H,4-5,8,12H2,1-3H3,(H,24,28)/t14-/m1/s1. The third-order valence-electron chi connectivity index (χ3n) is 5.34. The molecule has 3 aromatic rings. The highest BCUT2D eigenvalue weighted by atomic mass is 16.5. The zero-order chi connectivity index (χ0) is 21.3. The maximum absolute atomic E-state index is 12.9. The van der Waals surface area contributed by atoms with Crippen LogP contribution in [0.25, 0.3) is 10.9 Å². The third-order valence-corrected chi connectivity index (χ3v) is 5.34. The number of hydrogen-bond donors (Lipinski definition) is 1. The van der Waals surface area contributed by atoms with Crippen molar-refractivity contribution >= 4 is 22.8 Å². The van der Waals surface area contributed by atoms with Gasteiger partial charge in [0.05, 0.1) is 23.6 Å². The van der Waals surface area contributed by atoms with Gasteiger partial charge in [-0.15, -0.1) is 0 Å². The molecule has 3 aromatic heterocycles. The number of nitrogens with zero attached hydrogens (tertiary/aromatic N) is 5. The summed E-state index contributed by atoms with van der Waals surface area (Å²) < 4.78 is 5.06. The molecule has 0 bridgehead atoms. The molecule has 9 heteroatoms. The van der Waals surface area contributed by atoms with Crippen LogP contribution in [0.2, 0.25) is 0 Å². The zero-order valence-electron chi connectivity index (χ0n) is 17.3. The quantitative estimate of drug-likeness (QED) is 0.702. The Hall–Kier alpha value is -3.49. The number of methoxy groups -OCH3 is 1. The van der Waals surface area contributed by atoms with E-state index in [2.05, 4.69) is 19.9 Å². The van der Waals surface area contributed by atoms with Crippen molar-refractivity contribution in [3.05, 3.63) is 52.2 Å². The summed E-state index contributed by atoms with van der Waals surface area (Å²) in [5.74, 6) is 0.974. The van der Waals surface area contributed by atoms with Crippen molar-refractivity contribution in [2.24, 2.45) is 0 Å². The van der Waals surface area contributed by atoms with Crippen molar-refractivity contribution in [1.29, 1.82) is 0 Å². The Bertz CT molecular complexity index is 1130. The number of rotatable bonds is 4. The average Bonchev–Trinajstić information content (AvgIpc) is 2.78. The maximum Gasteiger partial charge on any atom is 0.259 e. The Balaban J connectivity index is 1.60. The van der Waals surface area contributed by atoms with Crippen LogP contribution in [0, 0.1) is 0 Å². The molecule has 0 aromatic carbocycles. The van der Waals surface area contributed by atoms with Crippen molar-refractivity contribution < 1.29 is 9.53 Å². The molecule has 1 aliphatic heterocycles. The molecule has 0 aliphatic carbocycles. The van der Waals surface area contributed by atoms with Gasteiger partial charge in [0.25, 0.3) is 11.5 Å². The van der Waals surface area contributed by atoms with Crippen LogP contribution >= 0.6 is 0 Å². The fourth-order valence-electron chi connectivity index (χ4n) is 3.71. The lowest BCUT2D eigenvalue weighted by molar-refractivity contribution is 0.0705. The van der Waals surface area contributed by atoms with Crippen LogP contribution in [-0.4, -0.2) is 65.0 Å². The number of nitrogens with one attached hydrogen (secondary N) is 1. The second kappa shape index (κ2) is 8.10. The summed E-state index contributed by atoms with van der Waals surface area (Å²) in [6, 6.07) is 5.30. The van der Waals surface area contributed by atoms with E-state index >= 15 is 0 Å². The van der Waals surface area contributed by atoms with E-state index in [1.54, 1.807) is 23.2 Å². The fourth-order valence-corrected chi connectivity index (χ4v) is 3.71. The van der Waals surface area contributed by atoms with E-state index in [-0.39, 0.29) is 17.4 Å². The molecule has 1 saturated heterocycles. The van der Waals surface area contributed by atoms with Gasteiger partial charge in [0.2, 0.25) is 11.8 Å². The highest BCUT2D eigenvalue weighted by Gasteiger charge is 2.27. The minimum atomic E-state index is -0.212. The maximum atomic E-state index is 12.9. The molecular formula is C21H24N6O3. The molecule has 4 rings (SSSR count). The van der Waals surface area contributed by atoms with Crippen LogP contribution in [0.4, 0.5) is 5.95 Å². The highest BCUT2D eigenvalue weighted by Crippen LogP contribution is 2.27. The van der Waals surface area contributed by atoms with Gasteiger partial charge in [-0.05, 0) is 25.0 Å². The summed E-state index contributed by atoms with van der Waals surface area (Å²) in [5, 5.41) is 0.456. The number of aromatic amines is 1. The summed E-state index contributed by atoms with van der Waals surface area (Å²) >= 11 is 0. The molecule has 0 unspecified atom stereocenters. The highest BCUT2D eigenvalue weighted by molar-refractivity contribution is 5.94. The van der Waals surface area contributed by atoms with Crippen LogP contribution in [0.1, 0.15) is 34.8 Å². The minimum absolute atomic E-state index is 0.0313. The lowest BCUT2D eigenvalue weighted by Gasteiger charge is -2.32. The third kappa shape index (κ3) is 3.83. The number of amides is 1. The molecule has 1 atom stereocenters. The van der Waals surface area contributed by atoms with Crippen molar-refractivity contribution in [2.75, 3.05) is 39.2 Å². The largest absolute Gasteiger partial charge is 0.481 e. The molecule has 4 heterocycles. The Morgan fingerprint density at radius 1 is 1.27 bits per heavy atom. The normalized spacial score (nSPS) is 16.5. The minimum Gasteiger partial charge on any atom is -0.481 e. The number of anilines is 1. The summed E-state index contributed by atoms with van der Waals surface area (Å²) in [4.78, 5) is 44.9. The van der Waals surface area contributed by atoms with Gasteiger partial charge in [-0.1, -0.05) is 0 Å². The number of H-pyrrole nitrogens is 1. The van der Waals surface area contributed by atoms with Gasteiger partial charge in [0.15, 0.2) is 0 Å². The number of piperidine rings is 1. The Kier molecular flexibility index (Phi) is 5.35. The average molecular weight is 408 g/mol. The second-order valence-corrected chi connectivity index (χ2v) is 7.60. The topological polar surface area (TPSA) is 104 Å². The van der Waals surface area contributed by atoms with E-state index in [4.69, 9.17) is 4.74 Å². The van der Waals surface area contributed by atoms with E-state index in [1.165, 1.54) is 13.3 Å². The monoisotopic (exact) mass is 408 g/mol. The second-order valence-electron chi connectivity index (χ2n) is 7.60. The van der Waals surface area contributed by atoms with Crippen molar-refractivity contribution in [3.63, 3.8) is 0 Å². The summed E-state index contributed by atoms with van der Waals surface area (Å²) in [6.07, 6.45) is 4.82. The summed E-state index contributed by atoms with van der Waals surface area (Å²) in [7, 11) is 5.25. The van der Waals surface area contributed by atoms with Crippen LogP contribution in [0.15, 0.2) is 35.4 Å². The van der Waals surface area contributed by atoms with Crippen molar-refractivity contribution in [1.82, 2.24) is 24.8 Å². The van der Waals surface area contributed by atoms with Crippen molar-refractivity contribution in [3.8, 4) is 5.88 Å². The van der Waals surface area contributed by atoms with Gasteiger partial charge in [0, 0.05) is 57.3 Å². The Morgan fingerprint density at radius 3 is 2.80 bits per heavy atom. The lowest BCUT2D eigenvalue weighted by Crippen LogP contribution is -2.39. The first-order valence-electron chi connectivity index (χ1n) is 9.83. The Morgan fingerprint density at radius 2 is 2.10 bits per heavy atom. The van der Waals surface area contributed by atoms with Crippen LogP contribution in [0.5, 0.6) is 5.88 Å². The van der Waals surface area contributed by atoms with E-state index in [9.17, 15) is 9.59 Å². The number of aromatic nitrogens is 4. The zero-order valence-corrected chi connectivity index (χ0v) is 17.3. The van der Waals surface area contributed by atoms with Crippen LogP contribution in [0.3, 0.4) is 0 Å².